The topological polar surface area (TPSA) is 44.8 Å². The Labute approximate surface area is 150 Å². The van der Waals surface area contributed by atoms with Crippen LogP contribution in [0.2, 0.25) is 0 Å². The van der Waals surface area contributed by atoms with E-state index in [-0.39, 0.29) is 24.4 Å². The molecule has 6 heteroatoms. The predicted octanol–water partition coefficient (Wildman–Crippen LogP) is 1.73. The molecule has 1 aliphatic rings. The molecule has 0 aliphatic carbocycles. The third kappa shape index (κ3) is 7.50. The number of rotatable bonds is 8. The fraction of sp³-hybridized carbons (Fsp3) is 0.632. The van der Waals surface area contributed by atoms with Crippen LogP contribution in [0.15, 0.2) is 24.3 Å². The lowest BCUT2D eigenvalue weighted by molar-refractivity contribution is -0.123. The number of carbonyl (C=O) groups is 1. The summed E-state index contributed by atoms with van der Waals surface area (Å²) in [4.78, 5) is 16.4. The first-order valence-corrected chi connectivity index (χ1v) is 8.96. The lowest BCUT2D eigenvalue weighted by atomic mass is 10.2. The van der Waals surface area contributed by atoms with Crippen LogP contribution in [0.3, 0.4) is 0 Å². The minimum Gasteiger partial charge on any atom is -0.374 e. The molecule has 1 aromatic carbocycles. The van der Waals surface area contributed by atoms with Gasteiger partial charge in [0, 0.05) is 32.7 Å². The van der Waals surface area contributed by atoms with Gasteiger partial charge < -0.3 is 10.1 Å². The average molecular weight is 351 g/mol. The summed E-state index contributed by atoms with van der Waals surface area (Å²) in [6.07, 6.45) is 0.0463. The molecule has 1 unspecified atom stereocenters. The zero-order chi connectivity index (χ0) is 18.2. The Morgan fingerprint density at radius 2 is 2.28 bits per heavy atom. The largest absolute Gasteiger partial charge is 0.374 e. The van der Waals surface area contributed by atoms with E-state index in [0.717, 1.165) is 25.2 Å². The molecule has 1 heterocycles. The molecule has 1 aromatic rings. The van der Waals surface area contributed by atoms with Crippen molar-refractivity contribution in [2.75, 3.05) is 46.4 Å². The Balaban J connectivity index is 1.69. The van der Waals surface area contributed by atoms with Crippen LogP contribution in [0.1, 0.15) is 19.4 Å². The number of nitrogens with one attached hydrogen (secondary N) is 1. The number of halogens is 1. The summed E-state index contributed by atoms with van der Waals surface area (Å²) in [6, 6.07) is 6.45. The summed E-state index contributed by atoms with van der Waals surface area (Å²) in [5.74, 6) is 0.337. The van der Waals surface area contributed by atoms with Gasteiger partial charge in [-0.3, -0.25) is 14.6 Å². The molecule has 1 fully saturated rings. The normalized spacial score (nSPS) is 18.7. The van der Waals surface area contributed by atoms with Crippen LogP contribution in [0.25, 0.3) is 0 Å². The molecule has 0 aromatic heterocycles. The van der Waals surface area contributed by atoms with Gasteiger partial charge in [-0.2, -0.15) is 0 Å². The number of nitrogens with zero attached hydrogens (tertiary/aromatic N) is 2. The fourth-order valence-corrected chi connectivity index (χ4v) is 3.12. The number of benzene rings is 1. The van der Waals surface area contributed by atoms with Crippen LogP contribution in [0.4, 0.5) is 4.39 Å². The van der Waals surface area contributed by atoms with Crippen LogP contribution in [0.5, 0.6) is 0 Å². The molecular weight excluding hydrogens is 321 g/mol. The van der Waals surface area contributed by atoms with E-state index in [0.29, 0.717) is 25.6 Å². The van der Waals surface area contributed by atoms with E-state index in [4.69, 9.17) is 4.74 Å². The number of morpholine rings is 1. The number of ether oxygens (including phenoxy) is 1. The zero-order valence-electron chi connectivity index (χ0n) is 15.5. The first kappa shape index (κ1) is 19.8. The molecule has 2 rings (SSSR count). The summed E-state index contributed by atoms with van der Waals surface area (Å²) < 4.78 is 18.9. The van der Waals surface area contributed by atoms with Gasteiger partial charge in [0.15, 0.2) is 0 Å². The maximum atomic E-state index is 13.2. The Hall–Kier alpha value is -1.50. The van der Waals surface area contributed by atoms with Crippen LogP contribution in [0, 0.1) is 11.7 Å². The average Bonchev–Trinajstić information content (AvgIpc) is 2.52. The van der Waals surface area contributed by atoms with Crippen molar-refractivity contribution < 1.29 is 13.9 Å². The lowest BCUT2D eigenvalue weighted by Crippen LogP contribution is -2.49. The molecule has 1 N–H and O–H groups in total. The molecule has 1 atom stereocenters. The lowest BCUT2D eigenvalue weighted by Gasteiger charge is -2.34. The van der Waals surface area contributed by atoms with Gasteiger partial charge in [-0.1, -0.05) is 26.0 Å². The number of hydrogen-bond donors (Lipinski definition) is 1. The Morgan fingerprint density at radius 3 is 3.00 bits per heavy atom. The van der Waals surface area contributed by atoms with E-state index in [1.807, 2.05) is 18.0 Å². The predicted molar refractivity (Wildman–Crippen MR) is 96.8 cm³/mol. The first-order valence-electron chi connectivity index (χ1n) is 8.96. The van der Waals surface area contributed by atoms with Crippen molar-refractivity contribution in [3.8, 4) is 0 Å². The van der Waals surface area contributed by atoms with Gasteiger partial charge in [-0.05, 0) is 30.7 Å². The third-order valence-electron chi connectivity index (χ3n) is 4.13. The highest BCUT2D eigenvalue weighted by Crippen LogP contribution is 2.08. The van der Waals surface area contributed by atoms with Gasteiger partial charge in [0.1, 0.15) is 5.82 Å². The van der Waals surface area contributed by atoms with Gasteiger partial charge in [-0.25, -0.2) is 4.39 Å². The van der Waals surface area contributed by atoms with Gasteiger partial charge in [-0.15, -0.1) is 0 Å². The number of likely N-dealkylation sites (N-methyl/N-ethyl adjacent to an activating group) is 1. The SMILES string of the molecule is CC(C)CN1CCOC(CNC(=O)CN(C)Cc2cccc(F)c2)C1. The molecule has 0 saturated carbocycles. The van der Waals surface area contributed by atoms with E-state index in [2.05, 4.69) is 24.1 Å². The van der Waals surface area contributed by atoms with Crippen molar-refractivity contribution in [3.05, 3.63) is 35.6 Å². The van der Waals surface area contributed by atoms with E-state index >= 15 is 0 Å². The molecule has 0 bridgehead atoms. The molecule has 1 saturated heterocycles. The molecule has 0 spiro atoms. The van der Waals surface area contributed by atoms with Gasteiger partial charge in [0.25, 0.3) is 0 Å². The highest BCUT2D eigenvalue weighted by atomic mass is 19.1. The van der Waals surface area contributed by atoms with Gasteiger partial charge >= 0.3 is 0 Å². The number of amides is 1. The standard InChI is InChI=1S/C19H30FN3O2/c1-15(2)11-23-7-8-25-18(13-23)10-21-19(24)14-22(3)12-16-5-4-6-17(20)9-16/h4-6,9,15,18H,7-8,10-14H2,1-3H3,(H,21,24). The van der Waals surface area contributed by atoms with E-state index in [9.17, 15) is 9.18 Å². The minimum atomic E-state index is -0.254. The van der Waals surface area contributed by atoms with E-state index in [1.165, 1.54) is 12.1 Å². The second-order valence-corrected chi connectivity index (χ2v) is 7.25. The van der Waals surface area contributed by atoms with Crippen LogP contribution in [-0.4, -0.2) is 68.2 Å². The maximum absolute atomic E-state index is 13.2. The molecule has 140 valence electrons. The first-order chi connectivity index (χ1) is 11.9. The minimum absolute atomic E-state index is 0.0384. The highest BCUT2D eigenvalue weighted by Gasteiger charge is 2.21. The van der Waals surface area contributed by atoms with Crippen molar-refractivity contribution in [2.24, 2.45) is 5.92 Å². The number of hydrogen-bond acceptors (Lipinski definition) is 4. The van der Waals surface area contributed by atoms with E-state index in [1.54, 1.807) is 6.07 Å². The van der Waals surface area contributed by atoms with E-state index < -0.39 is 0 Å². The molecular formula is C19H30FN3O2. The van der Waals surface area contributed by atoms with Crippen LogP contribution in [-0.2, 0) is 16.1 Å². The fourth-order valence-electron chi connectivity index (χ4n) is 3.12. The summed E-state index contributed by atoms with van der Waals surface area (Å²) >= 11 is 0. The van der Waals surface area contributed by atoms with Gasteiger partial charge in [0.05, 0.1) is 19.3 Å². The summed E-state index contributed by atoms with van der Waals surface area (Å²) in [5, 5.41) is 2.95. The summed E-state index contributed by atoms with van der Waals surface area (Å²) in [5.41, 5.74) is 0.857. The maximum Gasteiger partial charge on any atom is 0.234 e. The van der Waals surface area contributed by atoms with Crippen molar-refractivity contribution >= 4 is 5.91 Å². The smallest absolute Gasteiger partial charge is 0.234 e. The van der Waals surface area contributed by atoms with Crippen LogP contribution >= 0.6 is 0 Å². The Kier molecular flexibility index (Phi) is 7.81. The quantitative estimate of drug-likeness (QED) is 0.775. The monoisotopic (exact) mass is 351 g/mol. The summed E-state index contributed by atoms with van der Waals surface area (Å²) in [7, 11) is 1.85. The van der Waals surface area contributed by atoms with Crippen molar-refractivity contribution in [2.45, 2.75) is 26.5 Å². The number of carbonyl (C=O) groups excluding carboxylic acids is 1. The molecule has 0 radical (unpaired) electrons. The van der Waals surface area contributed by atoms with Crippen molar-refractivity contribution in [1.82, 2.24) is 15.1 Å². The molecule has 5 nitrogen and oxygen atoms in total. The zero-order valence-corrected chi connectivity index (χ0v) is 15.5. The van der Waals surface area contributed by atoms with Crippen LogP contribution < -0.4 is 5.32 Å². The molecule has 1 aliphatic heterocycles. The molecule has 25 heavy (non-hydrogen) atoms. The third-order valence-corrected chi connectivity index (χ3v) is 4.13. The second kappa shape index (κ2) is 9.85. The van der Waals surface area contributed by atoms with Crippen molar-refractivity contribution in [3.63, 3.8) is 0 Å². The Bertz CT molecular complexity index is 553. The summed E-state index contributed by atoms with van der Waals surface area (Å²) in [6.45, 7) is 9.35. The Morgan fingerprint density at radius 1 is 1.48 bits per heavy atom. The van der Waals surface area contributed by atoms with Crippen molar-refractivity contribution in [1.29, 1.82) is 0 Å². The highest BCUT2D eigenvalue weighted by molar-refractivity contribution is 5.78. The van der Waals surface area contributed by atoms with Gasteiger partial charge in [0.2, 0.25) is 5.91 Å². The molecule has 1 amide bonds. The second-order valence-electron chi connectivity index (χ2n) is 7.25.